The monoisotopic (exact) mass is 248 g/mol. The minimum atomic E-state index is -0.109. The molecule has 0 aliphatic heterocycles. The standard InChI is InChI=1S/C13H20N4O/c1-4-14-12-15-9(2)8-10(16-12)11(18)17-13(3)6-5-7-13/h8H,4-7H2,1-3H3,(H,17,18)(H,14,15,16). The molecule has 1 amide bonds. The summed E-state index contributed by atoms with van der Waals surface area (Å²) in [6.07, 6.45) is 3.27. The molecule has 18 heavy (non-hydrogen) atoms. The Balaban J connectivity index is 2.13. The fourth-order valence-electron chi connectivity index (χ4n) is 2.09. The molecule has 1 saturated carbocycles. The van der Waals surface area contributed by atoms with E-state index in [1.54, 1.807) is 6.07 Å². The van der Waals surface area contributed by atoms with E-state index in [9.17, 15) is 4.79 Å². The second-order valence-corrected chi connectivity index (χ2v) is 5.12. The molecule has 2 N–H and O–H groups in total. The molecule has 1 aromatic rings. The Morgan fingerprint density at radius 2 is 2.17 bits per heavy atom. The van der Waals surface area contributed by atoms with Crippen LogP contribution in [0, 0.1) is 6.92 Å². The number of hydrogen-bond acceptors (Lipinski definition) is 4. The van der Waals surface area contributed by atoms with E-state index >= 15 is 0 Å². The lowest BCUT2D eigenvalue weighted by Crippen LogP contribution is -2.51. The van der Waals surface area contributed by atoms with Crippen molar-refractivity contribution in [2.45, 2.75) is 45.6 Å². The first-order chi connectivity index (χ1) is 8.52. The van der Waals surface area contributed by atoms with Crippen LogP contribution in [0.3, 0.4) is 0 Å². The third-order valence-corrected chi connectivity index (χ3v) is 3.29. The molecule has 5 heteroatoms. The summed E-state index contributed by atoms with van der Waals surface area (Å²) in [5.41, 5.74) is 1.19. The number of amides is 1. The first-order valence-electron chi connectivity index (χ1n) is 6.44. The van der Waals surface area contributed by atoms with Crippen molar-refractivity contribution >= 4 is 11.9 Å². The molecule has 0 spiro atoms. The van der Waals surface area contributed by atoms with Gasteiger partial charge in [0, 0.05) is 17.8 Å². The Hall–Kier alpha value is -1.65. The van der Waals surface area contributed by atoms with Crippen LogP contribution in [0.5, 0.6) is 0 Å². The van der Waals surface area contributed by atoms with Crippen molar-refractivity contribution in [1.29, 1.82) is 0 Å². The summed E-state index contributed by atoms with van der Waals surface area (Å²) in [6.45, 7) is 6.65. The van der Waals surface area contributed by atoms with E-state index in [4.69, 9.17) is 0 Å². The van der Waals surface area contributed by atoms with Gasteiger partial charge in [-0.15, -0.1) is 0 Å². The van der Waals surface area contributed by atoms with E-state index in [-0.39, 0.29) is 11.4 Å². The molecule has 0 bridgehead atoms. The second-order valence-electron chi connectivity index (χ2n) is 5.12. The Labute approximate surface area is 107 Å². The highest BCUT2D eigenvalue weighted by Gasteiger charge is 2.33. The van der Waals surface area contributed by atoms with Gasteiger partial charge in [0.1, 0.15) is 5.69 Å². The molecule has 1 aromatic heterocycles. The van der Waals surface area contributed by atoms with Crippen LogP contribution in [0.25, 0.3) is 0 Å². The average Bonchev–Trinajstić information content (AvgIpc) is 2.26. The van der Waals surface area contributed by atoms with Crippen LogP contribution in [-0.4, -0.2) is 28.0 Å². The minimum absolute atomic E-state index is 0.0473. The number of hydrogen-bond donors (Lipinski definition) is 2. The zero-order chi connectivity index (χ0) is 13.2. The van der Waals surface area contributed by atoms with Crippen molar-refractivity contribution in [1.82, 2.24) is 15.3 Å². The fourth-order valence-corrected chi connectivity index (χ4v) is 2.09. The molecule has 0 unspecified atom stereocenters. The number of aromatic nitrogens is 2. The second kappa shape index (κ2) is 4.92. The van der Waals surface area contributed by atoms with Crippen molar-refractivity contribution in [2.24, 2.45) is 0 Å². The lowest BCUT2D eigenvalue weighted by atomic mass is 9.78. The van der Waals surface area contributed by atoms with Gasteiger partial charge in [-0.25, -0.2) is 9.97 Å². The van der Waals surface area contributed by atoms with Crippen LogP contribution in [0.1, 0.15) is 49.3 Å². The molecule has 1 heterocycles. The SMILES string of the molecule is CCNc1nc(C)cc(C(=O)NC2(C)CCC2)n1. The Morgan fingerprint density at radius 3 is 2.72 bits per heavy atom. The van der Waals surface area contributed by atoms with E-state index in [0.717, 1.165) is 25.1 Å². The molecule has 5 nitrogen and oxygen atoms in total. The van der Waals surface area contributed by atoms with Gasteiger partial charge in [0.05, 0.1) is 0 Å². The van der Waals surface area contributed by atoms with E-state index in [1.807, 2.05) is 13.8 Å². The third kappa shape index (κ3) is 2.78. The number of nitrogens with one attached hydrogen (secondary N) is 2. The number of rotatable bonds is 4. The number of nitrogens with zero attached hydrogens (tertiary/aromatic N) is 2. The van der Waals surface area contributed by atoms with Crippen LogP contribution in [-0.2, 0) is 0 Å². The summed E-state index contributed by atoms with van der Waals surface area (Å²) in [5.74, 6) is 0.406. The van der Waals surface area contributed by atoms with E-state index in [1.165, 1.54) is 6.42 Å². The molecular weight excluding hydrogens is 228 g/mol. The maximum atomic E-state index is 12.1. The summed E-state index contributed by atoms with van der Waals surface area (Å²) in [6, 6.07) is 1.72. The third-order valence-electron chi connectivity index (χ3n) is 3.29. The van der Waals surface area contributed by atoms with Gasteiger partial charge in [0.25, 0.3) is 5.91 Å². The van der Waals surface area contributed by atoms with Crippen molar-refractivity contribution in [3.8, 4) is 0 Å². The summed E-state index contributed by atoms with van der Waals surface area (Å²) >= 11 is 0. The van der Waals surface area contributed by atoms with Crippen molar-refractivity contribution in [2.75, 3.05) is 11.9 Å². The Bertz CT molecular complexity index is 454. The summed E-state index contributed by atoms with van der Waals surface area (Å²) in [7, 11) is 0. The van der Waals surface area contributed by atoms with E-state index in [2.05, 4.69) is 27.5 Å². The van der Waals surface area contributed by atoms with Crippen molar-refractivity contribution in [3.63, 3.8) is 0 Å². The van der Waals surface area contributed by atoms with Gasteiger partial charge < -0.3 is 10.6 Å². The number of anilines is 1. The zero-order valence-corrected chi connectivity index (χ0v) is 11.2. The van der Waals surface area contributed by atoms with Crippen LogP contribution in [0.2, 0.25) is 0 Å². The van der Waals surface area contributed by atoms with Gasteiger partial charge in [-0.2, -0.15) is 0 Å². The molecule has 0 radical (unpaired) electrons. The molecule has 98 valence electrons. The van der Waals surface area contributed by atoms with Crippen molar-refractivity contribution in [3.05, 3.63) is 17.5 Å². The minimum Gasteiger partial charge on any atom is -0.354 e. The smallest absolute Gasteiger partial charge is 0.270 e. The maximum Gasteiger partial charge on any atom is 0.270 e. The number of carbonyl (C=O) groups is 1. The van der Waals surface area contributed by atoms with Crippen LogP contribution in [0.4, 0.5) is 5.95 Å². The summed E-state index contributed by atoms with van der Waals surface area (Å²) in [5, 5.41) is 6.08. The number of aryl methyl sites for hydroxylation is 1. The zero-order valence-electron chi connectivity index (χ0n) is 11.2. The van der Waals surface area contributed by atoms with Crippen molar-refractivity contribution < 1.29 is 4.79 Å². The largest absolute Gasteiger partial charge is 0.354 e. The first-order valence-corrected chi connectivity index (χ1v) is 6.44. The topological polar surface area (TPSA) is 66.9 Å². The molecule has 0 atom stereocenters. The summed E-state index contributed by atoms with van der Waals surface area (Å²) in [4.78, 5) is 20.6. The fraction of sp³-hybridized carbons (Fsp3) is 0.615. The molecule has 1 aliphatic rings. The average molecular weight is 248 g/mol. The predicted molar refractivity (Wildman–Crippen MR) is 70.7 cm³/mol. The predicted octanol–water partition coefficient (Wildman–Crippen LogP) is 1.89. The highest BCUT2D eigenvalue weighted by Crippen LogP contribution is 2.31. The van der Waals surface area contributed by atoms with Gasteiger partial charge in [-0.05, 0) is 46.1 Å². The van der Waals surface area contributed by atoms with Crippen LogP contribution < -0.4 is 10.6 Å². The molecule has 1 aliphatic carbocycles. The van der Waals surface area contributed by atoms with Gasteiger partial charge in [0.15, 0.2) is 0 Å². The first kappa shape index (κ1) is 12.8. The van der Waals surface area contributed by atoms with Crippen LogP contribution in [0.15, 0.2) is 6.07 Å². The highest BCUT2D eigenvalue weighted by molar-refractivity contribution is 5.93. The highest BCUT2D eigenvalue weighted by atomic mass is 16.2. The summed E-state index contributed by atoms with van der Waals surface area (Å²) < 4.78 is 0. The van der Waals surface area contributed by atoms with E-state index in [0.29, 0.717) is 11.6 Å². The molecule has 2 rings (SSSR count). The lowest BCUT2D eigenvalue weighted by molar-refractivity contribution is 0.0845. The number of carbonyl (C=O) groups excluding carboxylic acids is 1. The Morgan fingerprint density at radius 1 is 1.44 bits per heavy atom. The van der Waals surface area contributed by atoms with Gasteiger partial charge >= 0.3 is 0 Å². The lowest BCUT2D eigenvalue weighted by Gasteiger charge is -2.39. The van der Waals surface area contributed by atoms with Crippen LogP contribution >= 0.6 is 0 Å². The molecule has 1 fully saturated rings. The molecular formula is C13H20N4O. The van der Waals surface area contributed by atoms with Gasteiger partial charge in [-0.1, -0.05) is 0 Å². The molecule has 0 saturated heterocycles. The van der Waals surface area contributed by atoms with E-state index < -0.39 is 0 Å². The quantitative estimate of drug-likeness (QED) is 0.854. The van der Waals surface area contributed by atoms with Gasteiger partial charge in [-0.3, -0.25) is 4.79 Å². The molecule has 0 aromatic carbocycles. The Kier molecular flexibility index (Phi) is 3.50. The maximum absolute atomic E-state index is 12.1. The van der Waals surface area contributed by atoms with Gasteiger partial charge in [0.2, 0.25) is 5.95 Å². The normalized spacial score (nSPS) is 16.8.